The van der Waals surface area contributed by atoms with E-state index in [9.17, 15) is 14.7 Å². The summed E-state index contributed by atoms with van der Waals surface area (Å²) in [6.07, 6.45) is 0. The number of ether oxygens (including phenoxy) is 2. The van der Waals surface area contributed by atoms with Gasteiger partial charge in [0.1, 0.15) is 11.7 Å². The van der Waals surface area contributed by atoms with Gasteiger partial charge in [-0.25, -0.2) is 4.79 Å². The molecule has 2 aromatic rings. The summed E-state index contributed by atoms with van der Waals surface area (Å²) < 4.78 is 9.81. The molecule has 0 radical (unpaired) electrons. The normalized spacial score (nSPS) is 19.6. The Morgan fingerprint density at radius 2 is 1.81 bits per heavy atom. The van der Waals surface area contributed by atoms with Crippen LogP contribution in [0, 0.1) is 5.92 Å². The lowest BCUT2D eigenvalue weighted by molar-refractivity contribution is -0.143. The molecule has 2 N–H and O–H groups in total. The summed E-state index contributed by atoms with van der Waals surface area (Å²) in [7, 11) is 2.56. The van der Waals surface area contributed by atoms with Gasteiger partial charge in [-0.3, -0.25) is 4.79 Å². The van der Waals surface area contributed by atoms with E-state index in [1.165, 1.54) is 14.2 Å². The zero-order valence-corrected chi connectivity index (χ0v) is 15.4. The number of rotatable bonds is 3. The highest BCUT2D eigenvalue weighted by atomic mass is 16.5. The van der Waals surface area contributed by atoms with Gasteiger partial charge < -0.3 is 19.9 Å². The van der Waals surface area contributed by atoms with Gasteiger partial charge in [-0.15, -0.1) is 0 Å². The number of fused-ring (bicyclic) bond motifs is 1. The minimum atomic E-state index is -0.808. The third kappa shape index (κ3) is 3.03. The number of phenols is 1. The summed E-state index contributed by atoms with van der Waals surface area (Å²) in [6, 6.07) is 10.2. The van der Waals surface area contributed by atoms with Crippen LogP contribution in [0.25, 0.3) is 10.8 Å². The lowest BCUT2D eigenvalue weighted by atomic mass is 9.81. The smallest absolute Gasteiger partial charge is 0.336 e. The monoisotopic (exact) mass is 367 g/mol. The van der Waals surface area contributed by atoms with Gasteiger partial charge in [0.15, 0.2) is 0 Å². The van der Waals surface area contributed by atoms with E-state index in [2.05, 4.69) is 11.9 Å². The molecule has 1 aliphatic rings. The van der Waals surface area contributed by atoms with Crippen LogP contribution < -0.4 is 5.32 Å². The average Bonchev–Trinajstić information content (AvgIpc) is 2.66. The molecule has 0 bridgehead atoms. The largest absolute Gasteiger partial charge is 0.508 e. The van der Waals surface area contributed by atoms with E-state index < -0.39 is 23.9 Å². The third-order valence-corrected chi connectivity index (χ3v) is 4.90. The molecule has 0 aromatic heterocycles. The first-order chi connectivity index (χ1) is 12.9. The van der Waals surface area contributed by atoms with Crippen molar-refractivity contribution in [3.05, 3.63) is 65.4 Å². The number of carbonyl (C=O) groups excluding carboxylic acids is 2. The van der Waals surface area contributed by atoms with Crippen molar-refractivity contribution in [3.63, 3.8) is 0 Å². The molecule has 2 aromatic carbocycles. The molecule has 1 heterocycles. The van der Waals surface area contributed by atoms with Crippen molar-refractivity contribution >= 4 is 22.7 Å². The molecule has 6 heteroatoms. The van der Waals surface area contributed by atoms with Crippen molar-refractivity contribution in [1.82, 2.24) is 5.32 Å². The molecule has 2 atom stereocenters. The maximum absolute atomic E-state index is 12.6. The van der Waals surface area contributed by atoms with E-state index in [4.69, 9.17) is 9.47 Å². The highest BCUT2D eigenvalue weighted by Gasteiger charge is 2.40. The van der Waals surface area contributed by atoms with Gasteiger partial charge in [-0.1, -0.05) is 36.9 Å². The Balaban J connectivity index is 2.28. The maximum atomic E-state index is 12.6. The SMILES string of the molecule is C=C1NC(c2c(O)ccc3ccccc23)C(C(=O)OC)=C(C)C1C(=O)OC. The standard InChI is InChI=1S/C21H21NO5/c1-11-16(20(24)26-3)12(2)22-19(17(11)21(25)27-4)18-14-8-6-5-7-13(14)9-10-15(18)23/h5-10,16,19,22-23H,2H2,1,3-4H3. The zero-order valence-electron chi connectivity index (χ0n) is 15.4. The van der Waals surface area contributed by atoms with Crippen molar-refractivity contribution in [3.8, 4) is 5.75 Å². The van der Waals surface area contributed by atoms with Gasteiger partial charge in [-0.05, 0) is 29.3 Å². The van der Waals surface area contributed by atoms with Crippen molar-refractivity contribution in [2.75, 3.05) is 14.2 Å². The topological polar surface area (TPSA) is 84.9 Å². The second-order valence-electron chi connectivity index (χ2n) is 6.37. The van der Waals surface area contributed by atoms with E-state index in [-0.39, 0.29) is 11.3 Å². The van der Waals surface area contributed by atoms with Crippen LogP contribution in [0.4, 0.5) is 0 Å². The van der Waals surface area contributed by atoms with Crippen molar-refractivity contribution in [1.29, 1.82) is 0 Å². The van der Waals surface area contributed by atoms with E-state index in [1.54, 1.807) is 19.1 Å². The number of hydrogen-bond donors (Lipinski definition) is 2. The first-order valence-corrected chi connectivity index (χ1v) is 8.43. The number of methoxy groups -OCH3 is 2. The summed E-state index contributed by atoms with van der Waals surface area (Å²) in [5, 5.41) is 15.4. The molecule has 6 nitrogen and oxygen atoms in total. The van der Waals surface area contributed by atoms with Gasteiger partial charge in [0.05, 0.1) is 25.8 Å². The van der Waals surface area contributed by atoms with Crippen LogP contribution in [0.15, 0.2) is 59.8 Å². The van der Waals surface area contributed by atoms with Crippen LogP contribution >= 0.6 is 0 Å². The van der Waals surface area contributed by atoms with Crippen molar-refractivity contribution < 1.29 is 24.2 Å². The van der Waals surface area contributed by atoms with Crippen LogP contribution in [0.2, 0.25) is 0 Å². The van der Waals surface area contributed by atoms with E-state index in [0.29, 0.717) is 16.8 Å². The summed E-state index contributed by atoms with van der Waals surface area (Å²) >= 11 is 0. The lowest BCUT2D eigenvalue weighted by Gasteiger charge is -2.34. The quantitative estimate of drug-likeness (QED) is 0.812. The molecule has 27 heavy (non-hydrogen) atoms. The molecule has 0 spiro atoms. The van der Waals surface area contributed by atoms with E-state index >= 15 is 0 Å². The van der Waals surface area contributed by atoms with Gasteiger partial charge in [0.25, 0.3) is 0 Å². The number of nitrogens with one attached hydrogen (secondary N) is 1. The molecular weight excluding hydrogens is 346 g/mol. The van der Waals surface area contributed by atoms with Gasteiger partial charge >= 0.3 is 11.9 Å². The summed E-state index contributed by atoms with van der Waals surface area (Å²) in [6.45, 7) is 5.62. The number of phenolic OH excluding ortho intramolecular Hbond substituents is 1. The van der Waals surface area contributed by atoms with Crippen molar-refractivity contribution in [2.45, 2.75) is 13.0 Å². The van der Waals surface area contributed by atoms with Gasteiger partial charge in [0.2, 0.25) is 0 Å². The summed E-state index contributed by atoms with van der Waals surface area (Å²) in [4.78, 5) is 24.8. The molecule has 3 rings (SSSR count). The number of aromatic hydroxyl groups is 1. The lowest BCUT2D eigenvalue weighted by Crippen LogP contribution is -2.39. The minimum absolute atomic E-state index is 0.0321. The molecule has 1 aliphatic heterocycles. The minimum Gasteiger partial charge on any atom is -0.508 e. The van der Waals surface area contributed by atoms with Crippen LogP contribution in [-0.2, 0) is 19.1 Å². The Morgan fingerprint density at radius 1 is 1.11 bits per heavy atom. The zero-order chi connectivity index (χ0) is 19.7. The predicted octanol–water partition coefficient (Wildman–Crippen LogP) is 2.98. The molecule has 0 fully saturated rings. The highest BCUT2D eigenvalue weighted by Crippen LogP contribution is 2.42. The number of benzene rings is 2. The first-order valence-electron chi connectivity index (χ1n) is 8.43. The van der Waals surface area contributed by atoms with E-state index in [1.807, 2.05) is 24.3 Å². The van der Waals surface area contributed by atoms with Gasteiger partial charge in [-0.2, -0.15) is 0 Å². The van der Waals surface area contributed by atoms with Crippen LogP contribution in [0.5, 0.6) is 5.75 Å². The summed E-state index contributed by atoms with van der Waals surface area (Å²) in [5.74, 6) is -1.88. The molecular formula is C21H21NO5. The Bertz CT molecular complexity index is 976. The number of carbonyl (C=O) groups is 2. The fourth-order valence-electron chi connectivity index (χ4n) is 3.62. The first kappa shape index (κ1) is 18.5. The Kier molecular flexibility index (Phi) is 4.90. The average molecular weight is 367 g/mol. The predicted molar refractivity (Wildman–Crippen MR) is 101 cm³/mol. The van der Waals surface area contributed by atoms with Crippen LogP contribution in [0.1, 0.15) is 18.5 Å². The second kappa shape index (κ2) is 7.15. The molecule has 0 saturated heterocycles. The summed E-state index contributed by atoms with van der Waals surface area (Å²) in [5.41, 5.74) is 1.66. The fourth-order valence-corrected chi connectivity index (χ4v) is 3.62. The van der Waals surface area contributed by atoms with Gasteiger partial charge in [0, 0.05) is 11.3 Å². The molecule has 0 aliphatic carbocycles. The second-order valence-corrected chi connectivity index (χ2v) is 6.37. The Hall–Kier alpha value is -3.28. The molecule has 0 amide bonds. The molecule has 140 valence electrons. The Morgan fingerprint density at radius 3 is 2.48 bits per heavy atom. The van der Waals surface area contributed by atoms with Crippen LogP contribution in [0.3, 0.4) is 0 Å². The number of hydrogen-bond acceptors (Lipinski definition) is 6. The van der Waals surface area contributed by atoms with Crippen LogP contribution in [-0.4, -0.2) is 31.3 Å². The van der Waals surface area contributed by atoms with E-state index in [0.717, 1.165) is 10.8 Å². The Labute approximate surface area is 157 Å². The fraction of sp³-hybridized carbons (Fsp3) is 0.238. The highest BCUT2D eigenvalue weighted by molar-refractivity contribution is 5.97. The number of esters is 2. The molecule has 0 saturated carbocycles. The third-order valence-electron chi connectivity index (χ3n) is 4.90. The van der Waals surface area contributed by atoms with Crippen molar-refractivity contribution in [2.24, 2.45) is 5.92 Å². The molecule has 2 unspecified atom stereocenters. The maximum Gasteiger partial charge on any atom is 0.336 e.